The van der Waals surface area contributed by atoms with E-state index in [-0.39, 0.29) is 0 Å². The number of benzene rings is 2. The van der Waals surface area contributed by atoms with Crippen LogP contribution in [-0.2, 0) is 0 Å². The van der Waals surface area contributed by atoms with E-state index in [0.717, 1.165) is 63.7 Å². The van der Waals surface area contributed by atoms with Gasteiger partial charge in [0, 0.05) is 28.9 Å². The van der Waals surface area contributed by atoms with Crippen LogP contribution in [0, 0.1) is 18.8 Å². The molecule has 2 heterocycles. The number of aryl methyl sites for hydroxylation is 1. The highest BCUT2D eigenvalue weighted by atomic mass is 35.5. The Kier molecular flexibility index (Phi) is 7.49. The van der Waals surface area contributed by atoms with Crippen molar-refractivity contribution in [1.82, 2.24) is 9.88 Å². The molecular formula is C28H33ClN2O. The van der Waals surface area contributed by atoms with E-state index in [9.17, 15) is 0 Å². The fourth-order valence-corrected chi connectivity index (χ4v) is 4.60. The SMILES string of the molecule is Cc1cc(-c2ccc(-c3ccc(Cl)cc3)cn2)ccc1OCCN1CCC(C(C)C)CC1. The van der Waals surface area contributed by atoms with E-state index in [0.29, 0.717) is 0 Å². The first kappa shape index (κ1) is 22.8. The average Bonchev–Trinajstić information content (AvgIpc) is 2.81. The third-order valence-corrected chi connectivity index (χ3v) is 6.90. The lowest BCUT2D eigenvalue weighted by Crippen LogP contribution is -2.37. The van der Waals surface area contributed by atoms with Crippen LogP contribution in [0.2, 0.25) is 5.02 Å². The van der Waals surface area contributed by atoms with E-state index in [2.05, 4.69) is 61.0 Å². The minimum atomic E-state index is 0.737. The number of aromatic nitrogens is 1. The molecule has 3 aromatic rings. The molecule has 1 aliphatic rings. The van der Waals surface area contributed by atoms with Gasteiger partial charge in [-0.3, -0.25) is 9.88 Å². The van der Waals surface area contributed by atoms with Crippen LogP contribution in [0.15, 0.2) is 60.8 Å². The third-order valence-electron chi connectivity index (χ3n) is 6.65. The molecule has 0 radical (unpaired) electrons. The molecule has 0 bridgehead atoms. The smallest absolute Gasteiger partial charge is 0.122 e. The lowest BCUT2D eigenvalue weighted by molar-refractivity contribution is 0.136. The van der Waals surface area contributed by atoms with Gasteiger partial charge in [0.2, 0.25) is 0 Å². The van der Waals surface area contributed by atoms with Crippen molar-refractivity contribution in [2.75, 3.05) is 26.2 Å². The van der Waals surface area contributed by atoms with Gasteiger partial charge in [-0.1, -0.05) is 43.6 Å². The lowest BCUT2D eigenvalue weighted by Gasteiger charge is -2.33. The summed E-state index contributed by atoms with van der Waals surface area (Å²) in [4.78, 5) is 7.22. The highest BCUT2D eigenvalue weighted by Crippen LogP contribution is 2.28. The van der Waals surface area contributed by atoms with Gasteiger partial charge >= 0.3 is 0 Å². The summed E-state index contributed by atoms with van der Waals surface area (Å²) in [7, 11) is 0. The molecule has 1 fully saturated rings. The predicted molar refractivity (Wildman–Crippen MR) is 134 cm³/mol. The molecular weight excluding hydrogens is 416 g/mol. The van der Waals surface area contributed by atoms with Crippen LogP contribution < -0.4 is 4.74 Å². The minimum Gasteiger partial charge on any atom is -0.492 e. The molecule has 0 aliphatic carbocycles. The third kappa shape index (κ3) is 5.70. The molecule has 32 heavy (non-hydrogen) atoms. The van der Waals surface area contributed by atoms with Crippen LogP contribution in [0.25, 0.3) is 22.4 Å². The molecule has 2 aromatic carbocycles. The van der Waals surface area contributed by atoms with E-state index < -0.39 is 0 Å². The summed E-state index contributed by atoms with van der Waals surface area (Å²) in [6.07, 6.45) is 4.55. The maximum atomic E-state index is 6.12. The van der Waals surface area contributed by atoms with Crippen molar-refractivity contribution in [3.8, 4) is 28.1 Å². The Morgan fingerprint density at radius 2 is 1.66 bits per heavy atom. The number of halogens is 1. The Hall–Kier alpha value is -2.36. The second kappa shape index (κ2) is 10.5. The quantitative estimate of drug-likeness (QED) is 0.384. The van der Waals surface area contributed by atoms with Crippen LogP contribution in [0.1, 0.15) is 32.3 Å². The van der Waals surface area contributed by atoms with Crippen molar-refractivity contribution in [2.24, 2.45) is 11.8 Å². The molecule has 1 aliphatic heterocycles. The van der Waals surface area contributed by atoms with Gasteiger partial charge in [0.1, 0.15) is 12.4 Å². The molecule has 4 heteroatoms. The first-order chi connectivity index (χ1) is 15.5. The molecule has 0 saturated carbocycles. The largest absolute Gasteiger partial charge is 0.492 e. The summed E-state index contributed by atoms with van der Waals surface area (Å²) >= 11 is 5.99. The lowest BCUT2D eigenvalue weighted by atomic mass is 9.87. The van der Waals surface area contributed by atoms with Crippen molar-refractivity contribution in [1.29, 1.82) is 0 Å². The number of pyridine rings is 1. The fourth-order valence-electron chi connectivity index (χ4n) is 4.48. The van der Waals surface area contributed by atoms with Crippen molar-refractivity contribution >= 4 is 11.6 Å². The molecule has 0 atom stereocenters. The topological polar surface area (TPSA) is 25.4 Å². The van der Waals surface area contributed by atoms with Crippen LogP contribution in [0.3, 0.4) is 0 Å². The highest BCUT2D eigenvalue weighted by molar-refractivity contribution is 6.30. The van der Waals surface area contributed by atoms with Crippen LogP contribution in [0.4, 0.5) is 0 Å². The molecule has 1 saturated heterocycles. The first-order valence-corrected chi connectivity index (χ1v) is 12.1. The zero-order valence-corrected chi connectivity index (χ0v) is 20.1. The van der Waals surface area contributed by atoms with Crippen molar-refractivity contribution < 1.29 is 4.74 Å². The maximum Gasteiger partial charge on any atom is 0.122 e. The minimum absolute atomic E-state index is 0.737. The number of ether oxygens (including phenoxy) is 1. The number of rotatable bonds is 7. The summed E-state index contributed by atoms with van der Waals surface area (Å²) in [5.74, 6) is 2.65. The highest BCUT2D eigenvalue weighted by Gasteiger charge is 2.21. The van der Waals surface area contributed by atoms with Crippen LogP contribution in [-0.4, -0.2) is 36.1 Å². The van der Waals surface area contributed by atoms with Crippen molar-refractivity contribution in [3.05, 3.63) is 71.4 Å². The zero-order chi connectivity index (χ0) is 22.5. The van der Waals surface area contributed by atoms with Gasteiger partial charge in [-0.05, 0) is 92.2 Å². The van der Waals surface area contributed by atoms with Gasteiger partial charge in [0.25, 0.3) is 0 Å². The van der Waals surface area contributed by atoms with Gasteiger partial charge in [-0.25, -0.2) is 0 Å². The summed E-state index contributed by atoms with van der Waals surface area (Å²) in [5.41, 5.74) is 5.41. The van der Waals surface area contributed by atoms with Gasteiger partial charge in [-0.2, -0.15) is 0 Å². The zero-order valence-electron chi connectivity index (χ0n) is 19.4. The number of nitrogens with zero attached hydrogens (tertiary/aromatic N) is 2. The standard InChI is InChI=1S/C28H33ClN2O/c1-20(2)22-12-14-31(15-13-22)16-17-32-28-11-7-24(18-21(28)3)27-10-6-25(19-30-27)23-4-8-26(29)9-5-23/h4-11,18-20,22H,12-17H2,1-3H3. The Balaban J connectivity index is 1.32. The van der Waals surface area contributed by atoms with Crippen molar-refractivity contribution in [2.45, 2.75) is 33.6 Å². The number of hydrogen-bond acceptors (Lipinski definition) is 3. The Morgan fingerprint density at radius 1 is 0.969 bits per heavy atom. The number of likely N-dealkylation sites (tertiary alicyclic amines) is 1. The van der Waals surface area contributed by atoms with E-state index >= 15 is 0 Å². The van der Waals surface area contributed by atoms with Crippen LogP contribution >= 0.6 is 11.6 Å². The molecule has 1 aromatic heterocycles. The molecule has 0 spiro atoms. The normalized spacial score (nSPS) is 15.3. The second-order valence-corrected chi connectivity index (χ2v) is 9.63. The van der Waals surface area contributed by atoms with E-state index in [1.807, 2.05) is 30.5 Å². The second-order valence-electron chi connectivity index (χ2n) is 9.19. The van der Waals surface area contributed by atoms with E-state index in [1.165, 1.54) is 25.9 Å². The molecule has 0 N–H and O–H groups in total. The van der Waals surface area contributed by atoms with Crippen molar-refractivity contribution in [3.63, 3.8) is 0 Å². The predicted octanol–water partition coefficient (Wildman–Crippen LogP) is 7.12. The van der Waals surface area contributed by atoms with Gasteiger partial charge in [0.05, 0.1) is 5.69 Å². The Bertz CT molecular complexity index is 1010. The van der Waals surface area contributed by atoms with Gasteiger partial charge in [-0.15, -0.1) is 0 Å². The molecule has 168 valence electrons. The fraction of sp³-hybridized carbons (Fsp3) is 0.393. The number of hydrogen-bond donors (Lipinski definition) is 0. The molecule has 4 rings (SSSR count). The average molecular weight is 449 g/mol. The summed E-state index contributed by atoms with van der Waals surface area (Å²) < 4.78 is 6.12. The van der Waals surface area contributed by atoms with Gasteiger partial charge in [0.15, 0.2) is 0 Å². The monoisotopic (exact) mass is 448 g/mol. The summed E-state index contributed by atoms with van der Waals surface area (Å²) in [6.45, 7) is 10.9. The van der Waals surface area contributed by atoms with Crippen LogP contribution in [0.5, 0.6) is 5.75 Å². The van der Waals surface area contributed by atoms with E-state index in [4.69, 9.17) is 16.3 Å². The molecule has 3 nitrogen and oxygen atoms in total. The maximum absolute atomic E-state index is 6.12. The molecule has 0 unspecified atom stereocenters. The van der Waals surface area contributed by atoms with E-state index in [1.54, 1.807) is 0 Å². The first-order valence-electron chi connectivity index (χ1n) is 11.7. The number of piperidine rings is 1. The Morgan fingerprint density at radius 3 is 2.28 bits per heavy atom. The van der Waals surface area contributed by atoms with Gasteiger partial charge < -0.3 is 4.74 Å². The Labute approximate surface area is 197 Å². The molecule has 0 amide bonds. The summed E-state index contributed by atoms with van der Waals surface area (Å²) in [6, 6.07) is 18.3. The summed E-state index contributed by atoms with van der Waals surface area (Å²) in [5, 5.41) is 0.742.